The number of aliphatic hydroxyl groups excluding tert-OH is 3. The van der Waals surface area contributed by atoms with Gasteiger partial charge in [0.2, 0.25) is 5.78 Å². The number of epoxide rings is 1. The molecule has 3 rings (SSSR count). The fraction of sp³-hybridized carbons (Fsp3) is 0.462. The number of carbonyl (C=O) groups excluding carboxylic acids is 1. The van der Waals surface area contributed by atoms with Crippen LogP contribution in [0.2, 0.25) is 0 Å². The number of fused-ring (bicyclic) bond motifs is 2. The van der Waals surface area contributed by atoms with Crippen molar-refractivity contribution in [1.82, 2.24) is 0 Å². The zero-order chi connectivity index (χ0) is 14.7. The van der Waals surface area contributed by atoms with Gasteiger partial charge in [0.15, 0.2) is 11.2 Å². The predicted octanol–water partition coefficient (Wildman–Crippen LogP) is -0.877. The van der Waals surface area contributed by atoms with Crippen molar-refractivity contribution in [2.24, 2.45) is 0 Å². The Labute approximate surface area is 114 Å². The van der Waals surface area contributed by atoms with Crippen LogP contribution in [0.5, 0.6) is 11.5 Å². The van der Waals surface area contributed by atoms with E-state index in [-0.39, 0.29) is 22.6 Å². The topological polar surface area (TPSA) is 120 Å². The lowest BCUT2D eigenvalue weighted by atomic mass is 9.73. The monoisotopic (exact) mass is 282 g/mol. The summed E-state index contributed by atoms with van der Waals surface area (Å²) < 4.78 is 10.2. The molecule has 1 saturated heterocycles. The third kappa shape index (κ3) is 1.25. The average Bonchev–Trinajstić information content (AvgIpc) is 3.16. The zero-order valence-corrected chi connectivity index (χ0v) is 10.7. The normalized spacial score (nSPS) is 34.4. The van der Waals surface area contributed by atoms with Gasteiger partial charge in [-0.05, 0) is 6.07 Å². The van der Waals surface area contributed by atoms with E-state index in [1.165, 1.54) is 19.2 Å². The van der Waals surface area contributed by atoms with Gasteiger partial charge < -0.3 is 29.9 Å². The van der Waals surface area contributed by atoms with Crippen molar-refractivity contribution in [2.75, 3.05) is 20.3 Å². The largest absolute Gasteiger partial charge is 0.507 e. The second kappa shape index (κ2) is 3.92. The first-order valence-electron chi connectivity index (χ1n) is 6.03. The van der Waals surface area contributed by atoms with Crippen LogP contribution in [0, 0.1) is 0 Å². The number of Topliss-reactive ketones (excluding diaryl/α,β-unsaturated/α-hetero) is 1. The highest BCUT2D eigenvalue weighted by atomic mass is 16.7. The molecule has 7 nitrogen and oxygen atoms in total. The van der Waals surface area contributed by atoms with Gasteiger partial charge in [-0.3, -0.25) is 4.79 Å². The van der Waals surface area contributed by atoms with Crippen LogP contribution in [0.4, 0.5) is 0 Å². The van der Waals surface area contributed by atoms with E-state index >= 15 is 0 Å². The number of benzene rings is 1. The molecule has 108 valence electrons. The fourth-order valence-electron chi connectivity index (χ4n) is 2.94. The van der Waals surface area contributed by atoms with E-state index in [0.29, 0.717) is 0 Å². The Bertz CT molecular complexity index is 599. The summed E-state index contributed by atoms with van der Waals surface area (Å²) in [6, 6.07) is 2.64. The van der Waals surface area contributed by atoms with Crippen molar-refractivity contribution in [2.45, 2.75) is 17.3 Å². The molecular formula is C13H14O7. The highest BCUT2D eigenvalue weighted by Gasteiger charge is 2.80. The summed E-state index contributed by atoms with van der Waals surface area (Å²) in [5.74, 6) is -0.758. The Morgan fingerprint density at radius 2 is 2.05 bits per heavy atom. The molecule has 0 unspecified atom stereocenters. The molecule has 1 aliphatic carbocycles. The maximum atomic E-state index is 12.4. The molecule has 0 saturated carbocycles. The van der Waals surface area contributed by atoms with Crippen LogP contribution < -0.4 is 4.74 Å². The van der Waals surface area contributed by atoms with Gasteiger partial charge in [0.1, 0.15) is 17.6 Å². The summed E-state index contributed by atoms with van der Waals surface area (Å²) in [5, 5.41) is 39.2. The van der Waals surface area contributed by atoms with E-state index in [2.05, 4.69) is 0 Å². The molecule has 1 heterocycles. The van der Waals surface area contributed by atoms with E-state index in [4.69, 9.17) is 9.47 Å². The molecule has 1 fully saturated rings. The highest BCUT2D eigenvalue weighted by molar-refractivity contribution is 6.10. The Balaban J connectivity index is 2.24. The molecule has 1 aromatic carbocycles. The Hall–Kier alpha value is -1.67. The molecule has 4 N–H and O–H groups in total. The van der Waals surface area contributed by atoms with Crippen molar-refractivity contribution >= 4 is 5.78 Å². The fourth-order valence-corrected chi connectivity index (χ4v) is 2.94. The highest BCUT2D eigenvalue weighted by Crippen LogP contribution is 2.61. The maximum Gasteiger partial charge on any atom is 0.204 e. The van der Waals surface area contributed by atoms with Gasteiger partial charge in [0.05, 0.1) is 25.9 Å². The van der Waals surface area contributed by atoms with Gasteiger partial charge in [-0.25, -0.2) is 0 Å². The smallest absolute Gasteiger partial charge is 0.204 e. The lowest BCUT2D eigenvalue weighted by molar-refractivity contribution is 0.0328. The summed E-state index contributed by atoms with van der Waals surface area (Å²) in [7, 11) is 1.38. The van der Waals surface area contributed by atoms with Crippen LogP contribution in [0.3, 0.4) is 0 Å². The molecule has 1 aliphatic heterocycles. The quantitative estimate of drug-likeness (QED) is 0.531. The van der Waals surface area contributed by atoms with Gasteiger partial charge in [-0.15, -0.1) is 0 Å². The number of aliphatic hydroxyl groups is 3. The molecule has 2 aliphatic rings. The Morgan fingerprint density at radius 3 is 2.60 bits per heavy atom. The average molecular weight is 282 g/mol. The van der Waals surface area contributed by atoms with E-state index in [1.54, 1.807) is 0 Å². The number of methoxy groups -OCH3 is 1. The van der Waals surface area contributed by atoms with Crippen LogP contribution in [0.15, 0.2) is 12.1 Å². The summed E-state index contributed by atoms with van der Waals surface area (Å²) >= 11 is 0. The van der Waals surface area contributed by atoms with Crippen molar-refractivity contribution in [3.8, 4) is 11.5 Å². The molecule has 0 radical (unpaired) electrons. The molecule has 0 spiro atoms. The van der Waals surface area contributed by atoms with Crippen molar-refractivity contribution in [3.63, 3.8) is 0 Å². The van der Waals surface area contributed by atoms with Crippen LogP contribution >= 0.6 is 0 Å². The first-order chi connectivity index (χ1) is 9.47. The van der Waals surface area contributed by atoms with Crippen molar-refractivity contribution < 1.29 is 34.7 Å². The predicted molar refractivity (Wildman–Crippen MR) is 64.7 cm³/mol. The van der Waals surface area contributed by atoms with Gasteiger partial charge in [0, 0.05) is 11.6 Å². The third-order valence-electron chi connectivity index (χ3n) is 4.14. The van der Waals surface area contributed by atoms with Crippen LogP contribution in [0.25, 0.3) is 0 Å². The Morgan fingerprint density at radius 1 is 1.35 bits per heavy atom. The molecular weight excluding hydrogens is 268 g/mol. The number of phenols is 1. The van der Waals surface area contributed by atoms with Crippen LogP contribution in [-0.2, 0) is 4.74 Å². The molecule has 0 bridgehead atoms. The van der Waals surface area contributed by atoms with Gasteiger partial charge in [0.25, 0.3) is 0 Å². The van der Waals surface area contributed by atoms with Gasteiger partial charge in [-0.2, -0.15) is 0 Å². The summed E-state index contributed by atoms with van der Waals surface area (Å²) in [4.78, 5) is 12.4. The third-order valence-corrected chi connectivity index (χ3v) is 4.14. The standard InChI is InChI=1S/C13H14O7/c1-19-6-2-7-9(8(16)3-6)11(18)13(5-15)12(4-14,20-13)10(7)17/h2-3,10,14-17H,4-5H2,1H3/t10-,12+,13-/m0/s1. The van der Waals surface area contributed by atoms with E-state index in [9.17, 15) is 25.2 Å². The number of carbonyl (C=O) groups is 1. The first kappa shape index (κ1) is 13.3. The number of hydrogen-bond acceptors (Lipinski definition) is 7. The zero-order valence-electron chi connectivity index (χ0n) is 10.7. The molecule has 0 aromatic heterocycles. The minimum Gasteiger partial charge on any atom is -0.507 e. The van der Waals surface area contributed by atoms with E-state index in [0.717, 1.165) is 0 Å². The SMILES string of the molecule is COc1cc(O)c2c(c1)[C@H](O)[C@@]1(CO)O[C@@]1(CO)C2=O. The molecule has 1 aromatic rings. The number of aromatic hydroxyl groups is 1. The molecule has 0 amide bonds. The van der Waals surface area contributed by atoms with Crippen molar-refractivity contribution in [1.29, 1.82) is 0 Å². The number of ketones is 1. The molecule has 20 heavy (non-hydrogen) atoms. The second-order valence-corrected chi connectivity index (χ2v) is 4.98. The maximum absolute atomic E-state index is 12.4. The Kier molecular flexibility index (Phi) is 2.61. The lowest BCUT2D eigenvalue weighted by Gasteiger charge is -2.29. The number of rotatable bonds is 3. The second-order valence-electron chi connectivity index (χ2n) is 4.98. The van der Waals surface area contributed by atoms with Crippen LogP contribution in [-0.4, -0.2) is 57.7 Å². The summed E-state index contributed by atoms with van der Waals surface area (Å²) in [5.41, 5.74) is -3.26. The van der Waals surface area contributed by atoms with E-state index in [1.807, 2.05) is 0 Å². The van der Waals surface area contributed by atoms with E-state index < -0.39 is 36.3 Å². The van der Waals surface area contributed by atoms with Gasteiger partial charge >= 0.3 is 0 Å². The van der Waals surface area contributed by atoms with Crippen molar-refractivity contribution in [3.05, 3.63) is 23.3 Å². The van der Waals surface area contributed by atoms with Gasteiger partial charge in [-0.1, -0.05) is 0 Å². The van der Waals surface area contributed by atoms with Crippen LogP contribution in [0.1, 0.15) is 22.0 Å². The summed E-state index contributed by atoms with van der Waals surface area (Å²) in [6.45, 7) is -1.31. The first-order valence-corrected chi connectivity index (χ1v) is 6.03. The minimum absolute atomic E-state index is 0.113. The molecule has 3 atom stereocenters. The number of hydrogen-bond donors (Lipinski definition) is 4. The summed E-state index contributed by atoms with van der Waals surface area (Å²) in [6.07, 6.45) is -1.35. The lowest BCUT2D eigenvalue weighted by Crippen LogP contribution is -2.47. The molecule has 7 heteroatoms. The number of phenolic OH excluding ortho intramolecular Hbond substituents is 1. The minimum atomic E-state index is -1.69. The number of ether oxygens (including phenoxy) is 2.